The molecule has 3 nitrogen and oxygen atoms in total. The molecule has 2 heterocycles. The first-order valence-corrected chi connectivity index (χ1v) is 5.98. The second kappa shape index (κ2) is 3.87. The van der Waals surface area contributed by atoms with Gasteiger partial charge in [0.1, 0.15) is 0 Å². The van der Waals surface area contributed by atoms with Crippen LogP contribution < -0.4 is 0 Å². The van der Waals surface area contributed by atoms with Gasteiger partial charge in [0.05, 0.1) is 0 Å². The second-order valence-electron chi connectivity index (χ2n) is 3.45. The van der Waals surface area contributed by atoms with Gasteiger partial charge in [0, 0.05) is 19.8 Å². The standard InChI is InChI=1S/C8H16NO2Si/c1-10-12-9-6-3-2-4-8(9)5-7-11-12/h8H,2-7H2,1H3. The Labute approximate surface area is 75.6 Å². The van der Waals surface area contributed by atoms with E-state index in [1.54, 1.807) is 7.11 Å². The van der Waals surface area contributed by atoms with Gasteiger partial charge in [0.2, 0.25) is 0 Å². The van der Waals surface area contributed by atoms with Crippen molar-refractivity contribution in [2.24, 2.45) is 0 Å². The normalized spacial score (nSPS) is 33.2. The minimum atomic E-state index is -1.05. The Morgan fingerprint density at radius 3 is 3.17 bits per heavy atom. The van der Waals surface area contributed by atoms with Crippen LogP contribution in [-0.4, -0.2) is 40.3 Å². The molecule has 1 unspecified atom stereocenters. The van der Waals surface area contributed by atoms with Crippen LogP contribution in [0.3, 0.4) is 0 Å². The van der Waals surface area contributed by atoms with Gasteiger partial charge in [-0.2, -0.15) is 0 Å². The zero-order valence-electron chi connectivity index (χ0n) is 7.58. The Balaban J connectivity index is 1.99. The van der Waals surface area contributed by atoms with Gasteiger partial charge in [0.15, 0.2) is 0 Å². The van der Waals surface area contributed by atoms with E-state index in [2.05, 4.69) is 4.57 Å². The Kier molecular flexibility index (Phi) is 2.80. The van der Waals surface area contributed by atoms with Gasteiger partial charge in [-0.1, -0.05) is 6.42 Å². The fourth-order valence-corrected chi connectivity index (χ4v) is 3.79. The molecule has 2 rings (SSSR count). The molecule has 2 aliphatic rings. The van der Waals surface area contributed by atoms with Crippen molar-refractivity contribution in [1.29, 1.82) is 0 Å². The van der Waals surface area contributed by atoms with Crippen molar-refractivity contribution in [2.75, 3.05) is 20.3 Å². The van der Waals surface area contributed by atoms with E-state index in [1.165, 1.54) is 32.2 Å². The predicted molar refractivity (Wildman–Crippen MR) is 47.7 cm³/mol. The summed E-state index contributed by atoms with van der Waals surface area (Å²) in [4.78, 5) is 0. The average molecular weight is 186 g/mol. The number of fused-ring (bicyclic) bond motifs is 1. The summed E-state index contributed by atoms with van der Waals surface area (Å²) in [6, 6.07) is 0.765. The molecule has 2 fully saturated rings. The van der Waals surface area contributed by atoms with E-state index in [-0.39, 0.29) is 0 Å². The van der Waals surface area contributed by atoms with E-state index in [0.29, 0.717) is 0 Å². The predicted octanol–water partition coefficient (Wildman–Crippen LogP) is 0.893. The topological polar surface area (TPSA) is 21.7 Å². The molecule has 0 saturated carbocycles. The fourth-order valence-electron chi connectivity index (χ4n) is 2.08. The molecule has 0 spiro atoms. The van der Waals surface area contributed by atoms with Crippen molar-refractivity contribution in [3.05, 3.63) is 0 Å². The fraction of sp³-hybridized carbons (Fsp3) is 1.00. The van der Waals surface area contributed by atoms with Crippen molar-refractivity contribution in [3.8, 4) is 0 Å². The van der Waals surface area contributed by atoms with Gasteiger partial charge in [-0.05, 0) is 25.8 Å². The Bertz CT molecular complexity index is 147. The first kappa shape index (κ1) is 8.68. The van der Waals surface area contributed by atoms with Crippen molar-refractivity contribution < 1.29 is 8.85 Å². The number of hydrogen-bond acceptors (Lipinski definition) is 3. The van der Waals surface area contributed by atoms with Gasteiger partial charge in [0.25, 0.3) is 0 Å². The van der Waals surface area contributed by atoms with Crippen molar-refractivity contribution >= 4 is 9.45 Å². The summed E-state index contributed by atoms with van der Waals surface area (Å²) in [6.07, 6.45) is 5.26. The zero-order chi connectivity index (χ0) is 8.39. The van der Waals surface area contributed by atoms with Crippen LogP contribution >= 0.6 is 0 Å². The Hall–Kier alpha value is 0.0969. The summed E-state index contributed by atoms with van der Waals surface area (Å²) in [6.45, 7) is 2.09. The van der Waals surface area contributed by atoms with E-state index in [1.807, 2.05) is 0 Å². The quantitative estimate of drug-likeness (QED) is 0.568. The van der Waals surface area contributed by atoms with E-state index in [9.17, 15) is 0 Å². The molecular weight excluding hydrogens is 170 g/mol. The summed E-state index contributed by atoms with van der Waals surface area (Å²) in [5, 5.41) is 0. The molecule has 12 heavy (non-hydrogen) atoms. The molecule has 2 saturated heterocycles. The molecule has 0 aromatic carbocycles. The van der Waals surface area contributed by atoms with Gasteiger partial charge >= 0.3 is 9.45 Å². The minimum absolute atomic E-state index is 0.765. The lowest BCUT2D eigenvalue weighted by Crippen LogP contribution is -2.55. The molecule has 1 atom stereocenters. The molecule has 0 amide bonds. The molecule has 2 aliphatic heterocycles. The van der Waals surface area contributed by atoms with Gasteiger partial charge in [-0.15, -0.1) is 0 Å². The first-order chi connectivity index (χ1) is 5.92. The Morgan fingerprint density at radius 2 is 2.33 bits per heavy atom. The summed E-state index contributed by atoms with van der Waals surface area (Å²) in [5.74, 6) is 0. The summed E-state index contributed by atoms with van der Waals surface area (Å²) in [7, 11) is 0.717. The molecule has 0 aliphatic carbocycles. The molecule has 0 N–H and O–H groups in total. The van der Waals surface area contributed by atoms with Crippen molar-refractivity contribution in [3.63, 3.8) is 0 Å². The first-order valence-electron chi connectivity index (χ1n) is 4.72. The molecule has 0 aromatic rings. The van der Waals surface area contributed by atoms with Crippen molar-refractivity contribution in [2.45, 2.75) is 31.7 Å². The maximum Gasteiger partial charge on any atom is 0.491 e. The van der Waals surface area contributed by atoms with Crippen LogP contribution in [-0.2, 0) is 8.85 Å². The van der Waals surface area contributed by atoms with Crippen LogP contribution in [0, 0.1) is 0 Å². The van der Waals surface area contributed by atoms with Gasteiger partial charge in [-0.3, -0.25) is 4.57 Å². The highest BCUT2D eigenvalue weighted by Crippen LogP contribution is 2.24. The highest BCUT2D eigenvalue weighted by atomic mass is 28.3. The molecule has 1 radical (unpaired) electrons. The van der Waals surface area contributed by atoms with Crippen LogP contribution in [0.5, 0.6) is 0 Å². The second-order valence-corrected chi connectivity index (χ2v) is 5.25. The summed E-state index contributed by atoms with van der Waals surface area (Å²) < 4.78 is 13.4. The third-order valence-electron chi connectivity index (χ3n) is 2.71. The maximum atomic E-state index is 5.60. The lowest BCUT2D eigenvalue weighted by molar-refractivity contribution is 0.0701. The maximum absolute atomic E-state index is 5.60. The van der Waals surface area contributed by atoms with Crippen LogP contribution in [0.1, 0.15) is 25.7 Å². The highest BCUT2D eigenvalue weighted by Gasteiger charge is 2.36. The lowest BCUT2D eigenvalue weighted by atomic mass is 10.0. The van der Waals surface area contributed by atoms with E-state index >= 15 is 0 Å². The SMILES string of the molecule is CO[Si]1OCCC2CCCCN21. The summed E-state index contributed by atoms with van der Waals surface area (Å²) >= 11 is 0. The monoisotopic (exact) mass is 186 g/mol. The van der Waals surface area contributed by atoms with E-state index in [4.69, 9.17) is 8.85 Å². The van der Waals surface area contributed by atoms with Gasteiger partial charge in [-0.25, -0.2) is 0 Å². The third kappa shape index (κ3) is 1.57. The lowest BCUT2D eigenvalue weighted by Gasteiger charge is -2.41. The molecule has 0 aromatic heterocycles. The zero-order valence-corrected chi connectivity index (χ0v) is 8.58. The van der Waals surface area contributed by atoms with E-state index < -0.39 is 9.45 Å². The molecular formula is C8H16NO2Si. The van der Waals surface area contributed by atoms with Crippen LogP contribution in [0.15, 0.2) is 0 Å². The van der Waals surface area contributed by atoms with E-state index in [0.717, 1.165) is 12.6 Å². The molecule has 4 heteroatoms. The third-order valence-corrected chi connectivity index (χ3v) is 4.57. The number of nitrogens with zero attached hydrogens (tertiary/aromatic N) is 1. The number of rotatable bonds is 1. The smallest absolute Gasteiger partial charge is 0.384 e. The molecule has 69 valence electrons. The van der Waals surface area contributed by atoms with Gasteiger partial charge < -0.3 is 8.85 Å². The number of hydrogen-bond donors (Lipinski definition) is 0. The summed E-state index contributed by atoms with van der Waals surface area (Å²) in [5.41, 5.74) is 0. The average Bonchev–Trinajstić information content (AvgIpc) is 2.17. The highest BCUT2D eigenvalue weighted by molar-refractivity contribution is 6.41. The largest absolute Gasteiger partial charge is 0.491 e. The van der Waals surface area contributed by atoms with Crippen molar-refractivity contribution in [1.82, 2.24) is 4.57 Å². The number of piperidine rings is 1. The minimum Gasteiger partial charge on any atom is -0.384 e. The Morgan fingerprint density at radius 1 is 1.42 bits per heavy atom. The molecule has 0 bridgehead atoms. The van der Waals surface area contributed by atoms with Crippen LogP contribution in [0.4, 0.5) is 0 Å². The van der Waals surface area contributed by atoms with Crippen LogP contribution in [0.2, 0.25) is 0 Å². The van der Waals surface area contributed by atoms with Crippen LogP contribution in [0.25, 0.3) is 0 Å².